The zero-order chi connectivity index (χ0) is 20.2. The minimum Gasteiger partial charge on any atom is -0.493 e. The van der Waals surface area contributed by atoms with Gasteiger partial charge in [-0.3, -0.25) is 0 Å². The van der Waals surface area contributed by atoms with E-state index in [2.05, 4.69) is 20.6 Å². The van der Waals surface area contributed by atoms with Crippen molar-refractivity contribution in [3.8, 4) is 17.4 Å². The Bertz CT molecular complexity index is 758. The van der Waals surface area contributed by atoms with Crippen molar-refractivity contribution in [1.82, 2.24) is 15.6 Å². The van der Waals surface area contributed by atoms with Gasteiger partial charge in [0.25, 0.3) is 0 Å². The number of hydrogen-bond donors (Lipinski definition) is 2. The fraction of sp³-hybridized carbons (Fsp3) is 0.429. The van der Waals surface area contributed by atoms with Crippen molar-refractivity contribution in [3.05, 3.63) is 48.2 Å². The van der Waals surface area contributed by atoms with Gasteiger partial charge in [-0.2, -0.15) is 0 Å². The van der Waals surface area contributed by atoms with Crippen molar-refractivity contribution in [2.24, 2.45) is 4.99 Å². The molecule has 1 aromatic carbocycles. The molecular weight excluding hydrogens is 483 g/mol. The smallest absolute Gasteiger partial charge is 0.213 e. The number of hydrogen-bond acceptors (Lipinski definition) is 5. The molecule has 1 aromatic heterocycles. The van der Waals surface area contributed by atoms with Crippen LogP contribution in [0.1, 0.15) is 26.3 Å². The molecule has 160 valence electrons. The highest BCUT2D eigenvalue weighted by molar-refractivity contribution is 14.0. The SMILES string of the molecule is CCNC(=NCc1ccnc(OCC)c1)NCC(C)Oc1ccccc1OC.I. The molecule has 1 unspecified atom stereocenters. The first kappa shape index (κ1) is 24.8. The van der Waals surface area contributed by atoms with Gasteiger partial charge in [-0.15, -0.1) is 24.0 Å². The maximum absolute atomic E-state index is 5.98. The molecule has 8 heteroatoms. The number of benzene rings is 1. The van der Waals surface area contributed by atoms with E-state index in [0.717, 1.165) is 29.6 Å². The number of para-hydroxylation sites is 2. The molecule has 0 aliphatic carbocycles. The van der Waals surface area contributed by atoms with Crippen LogP contribution in [0.5, 0.6) is 17.4 Å². The lowest BCUT2D eigenvalue weighted by Gasteiger charge is -2.19. The topological polar surface area (TPSA) is 77.0 Å². The van der Waals surface area contributed by atoms with Crippen molar-refractivity contribution in [2.75, 3.05) is 26.8 Å². The van der Waals surface area contributed by atoms with Gasteiger partial charge in [0.15, 0.2) is 17.5 Å². The van der Waals surface area contributed by atoms with Crippen molar-refractivity contribution >= 4 is 29.9 Å². The van der Waals surface area contributed by atoms with E-state index >= 15 is 0 Å². The van der Waals surface area contributed by atoms with Gasteiger partial charge in [-0.05, 0) is 44.5 Å². The van der Waals surface area contributed by atoms with Gasteiger partial charge in [0, 0.05) is 18.8 Å². The Morgan fingerprint density at radius 2 is 1.90 bits per heavy atom. The summed E-state index contributed by atoms with van der Waals surface area (Å²) in [6.45, 7) is 8.46. The van der Waals surface area contributed by atoms with Gasteiger partial charge < -0.3 is 24.8 Å². The fourth-order valence-electron chi connectivity index (χ4n) is 2.50. The van der Waals surface area contributed by atoms with Crippen LogP contribution in [0.4, 0.5) is 0 Å². The first-order chi connectivity index (χ1) is 13.7. The second-order valence-corrected chi connectivity index (χ2v) is 6.09. The molecule has 2 N–H and O–H groups in total. The van der Waals surface area contributed by atoms with E-state index in [0.29, 0.717) is 25.6 Å². The third-order valence-corrected chi connectivity index (χ3v) is 3.81. The summed E-state index contributed by atoms with van der Waals surface area (Å²) in [5.74, 6) is 2.79. The summed E-state index contributed by atoms with van der Waals surface area (Å²) in [7, 11) is 1.64. The molecule has 1 heterocycles. The number of halogens is 1. The van der Waals surface area contributed by atoms with Gasteiger partial charge in [0.2, 0.25) is 5.88 Å². The molecule has 0 saturated heterocycles. The average Bonchev–Trinajstić information content (AvgIpc) is 2.71. The number of nitrogens with one attached hydrogen (secondary N) is 2. The number of aliphatic imine (C=N–C) groups is 1. The maximum atomic E-state index is 5.98. The minimum atomic E-state index is -0.0642. The largest absolute Gasteiger partial charge is 0.493 e. The van der Waals surface area contributed by atoms with Crippen molar-refractivity contribution in [3.63, 3.8) is 0 Å². The molecule has 1 atom stereocenters. The van der Waals surface area contributed by atoms with Gasteiger partial charge in [0.1, 0.15) is 6.10 Å². The van der Waals surface area contributed by atoms with Crippen molar-refractivity contribution in [1.29, 1.82) is 0 Å². The van der Waals surface area contributed by atoms with E-state index in [4.69, 9.17) is 14.2 Å². The molecule has 29 heavy (non-hydrogen) atoms. The average molecular weight is 514 g/mol. The van der Waals surface area contributed by atoms with Crippen LogP contribution in [0, 0.1) is 0 Å². The maximum Gasteiger partial charge on any atom is 0.213 e. The summed E-state index contributed by atoms with van der Waals surface area (Å²) >= 11 is 0. The van der Waals surface area contributed by atoms with Crippen LogP contribution >= 0.6 is 24.0 Å². The Labute approximate surface area is 190 Å². The van der Waals surface area contributed by atoms with Gasteiger partial charge in [-0.1, -0.05) is 12.1 Å². The summed E-state index contributed by atoms with van der Waals surface area (Å²) in [5.41, 5.74) is 1.04. The number of ether oxygens (including phenoxy) is 3. The van der Waals surface area contributed by atoms with Crippen LogP contribution in [0.15, 0.2) is 47.6 Å². The number of rotatable bonds is 10. The molecular formula is C21H31IN4O3. The Balaban J connectivity index is 0.00000420. The van der Waals surface area contributed by atoms with Crippen LogP contribution in [-0.4, -0.2) is 43.9 Å². The van der Waals surface area contributed by atoms with Crippen molar-refractivity contribution < 1.29 is 14.2 Å². The number of guanidine groups is 1. The standard InChI is InChI=1S/C21H30N4O3.HI/c1-5-22-21(25-15-17-11-12-23-20(13-17)27-6-2)24-14-16(3)28-19-10-8-7-9-18(19)26-4;/h7-13,16H,5-6,14-15H2,1-4H3,(H2,22,24,25);1H. The van der Waals surface area contributed by atoms with E-state index in [9.17, 15) is 0 Å². The molecule has 2 aromatic rings. The summed E-state index contributed by atoms with van der Waals surface area (Å²) in [6, 6.07) is 11.5. The van der Waals surface area contributed by atoms with Gasteiger partial charge in [-0.25, -0.2) is 9.98 Å². The highest BCUT2D eigenvalue weighted by Gasteiger charge is 2.09. The Hall–Kier alpha value is -2.23. The highest BCUT2D eigenvalue weighted by Crippen LogP contribution is 2.26. The predicted molar refractivity (Wildman–Crippen MR) is 127 cm³/mol. The summed E-state index contributed by atoms with van der Waals surface area (Å²) in [5, 5.41) is 6.56. The zero-order valence-corrected chi connectivity index (χ0v) is 19.8. The molecule has 0 spiro atoms. The minimum absolute atomic E-state index is 0. The molecule has 2 rings (SSSR count). The quantitative estimate of drug-likeness (QED) is 0.287. The second-order valence-electron chi connectivity index (χ2n) is 6.09. The van der Waals surface area contributed by atoms with E-state index in [-0.39, 0.29) is 30.1 Å². The summed E-state index contributed by atoms with van der Waals surface area (Å²) in [4.78, 5) is 8.81. The predicted octanol–water partition coefficient (Wildman–Crippen LogP) is 3.63. The Kier molecular flexibility index (Phi) is 11.9. The lowest BCUT2D eigenvalue weighted by atomic mass is 10.3. The first-order valence-electron chi connectivity index (χ1n) is 9.55. The van der Waals surface area contributed by atoms with E-state index in [1.165, 1.54) is 0 Å². The molecule has 0 radical (unpaired) electrons. The fourth-order valence-corrected chi connectivity index (χ4v) is 2.50. The normalized spacial score (nSPS) is 11.8. The Morgan fingerprint density at radius 1 is 1.14 bits per heavy atom. The molecule has 7 nitrogen and oxygen atoms in total. The number of aromatic nitrogens is 1. The van der Waals surface area contributed by atoms with Gasteiger partial charge in [0.05, 0.1) is 26.8 Å². The van der Waals surface area contributed by atoms with E-state index in [1.807, 2.05) is 57.2 Å². The molecule has 0 aliphatic rings. The molecule has 0 saturated carbocycles. The monoisotopic (exact) mass is 514 g/mol. The van der Waals surface area contributed by atoms with Crippen LogP contribution in [0.2, 0.25) is 0 Å². The zero-order valence-electron chi connectivity index (χ0n) is 17.5. The molecule has 0 amide bonds. The van der Waals surface area contributed by atoms with Crippen LogP contribution in [-0.2, 0) is 6.54 Å². The summed E-state index contributed by atoms with van der Waals surface area (Å²) < 4.78 is 16.7. The second kappa shape index (κ2) is 13.9. The molecule has 0 fully saturated rings. The third kappa shape index (κ3) is 8.76. The Morgan fingerprint density at radius 3 is 2.59 bits per heavy atom. The molecule has 0 bridgehead atoms. The van der Waals surface area contributed by atoms with E-state index in [1.54, 1.807) is 13.3 Å². The lowest BCUT2D eigenvalue weighted by molar-refractivity contribution is 0.213. The lowest BCUT2D eigenvalue weighted by Crippen LogP contribution is -2.41. The highest BCUT2D eigenvalue weighted by atomic mass is 127. The first-order valence-corrected chi connectivity index (χ1v) is 9.55. The summed E-state index contributed by atoms with van der Waals surface area (Å²) in [6.07, 6.45) is 1.67. The van der Waals surface area contributed by atoms with Crippen LogP contribution in [0.25, 0.3) is 0 Å². The third-order valence-electron chi connectivity index (χ3n) is 3.81. The van der Waals surface area contributed by atoms with Crippen LogP contribution in [0.3, 0.4) is 0 Å². The number of nitrogens with zero attached hydrogens (tertiary/aromatic N) is 2. The van der Waals surface area contributed by atoms with Gasteiger partial charge >= 0.3 is 0 Å². The van der Waals surface area contributed by atoms with Crippen LogP contribution < -0.4 is 24.8 Å². The molecule has 0 aliphatic heterocycles. The number of pyridine rings is 1. The number of methoxy groups -OCH3 is 1. The van der Waals surface area contributed by atoms with Crippen molar-refractivity contribution in [2.45, 2.75) is 33.4 Å². The van der Waals surface area contributed by atoms with E-state index < -0.39 is 0 Å².